The fourth-order valence-electron chi connectivity index (χ4n) is 2.23. The first-order valence-electron chi connectivity index (χ1n) is 5.06. The molecule has 0 aromatic heterocycles. The van der Waals surface area contributed by atoms with E-state index in [-0.39, 0.29) is 37.2 Å². The third kappa shape index (κ3) is 3.61. The normalized spacial score (nSPS) is 17.7. The number of rotatable bonds is 2. The number of allylic oxidation sites excluding steroid dienone is 4. The standard InChI is InChI=1S/C12H19.3ClH.Zr/c1-6-7-12-10(4)8(2)9(3)11(12)5;;;;/h6-7H2,1-5H3;3*1H;/q;;;;+3/p-3. The van der Waals surface area contributed by atoms with Crippen LogP contribution >= 0.6 is 0 Å². The average molecular weight is 361 g/mol. The smallest absolute Gasteiger partial charge is 1.00 e. The monoisotopic (exact) mass is 358 g/mol. The Morgan fingerprint density at radius 1 is 0.875 bits per heavy atom. The second-order valence-electron chi connectivity index (χ2n) is 4.16. The van der Waals surface area contributed by atoms with E-state index in [9.17, 15) is 0 Å². The molecule has 1 aliphatic rings. The van der Waals surface area contributed by atoms with E-state index in [2.05, 4.69) is 34.6 Å². The van der Waals surface area contributed by atoms with Crippen molar-refractivity contribution in [3.8, 4) is 0 Å². The Morgan fingerprint density at radius 3 is 1.44 bits per heavy atom. The molecule has 0 heterocycles. The van der Waals surface area contributed by atoms with E-state index < -0.39 is 0 Å². The maximum absolute atomic E-state index is 2.32. The van der Waals surface area contributed by atoms with Crippen LogP contribution in [0.5, 0.6) is 0 Å². The zero-order valence-corrected chi connectivity index (χ0v) is 15.3. The predicted molar refractivity (Wildman–Crippen MR) is 54.3 cm³/mol. The Kier molecular flexibility index (Phi) is 11.7. The van der Waals surface area contributed by atoms with Gasteiger partial charge in [-0.15, -0.1) is 0 Å². The van der Waals surface area contributed by atoms with Crippen molar-refractivity contribution < 1.29 is 61.9 Å². The molecular formula is C12H19Cl3Zr. The molecule has 0 bridgehead atoms. The summed E-state index contributed by atoms with van der Waals surface area (Å²) >= 11 is 1.66. The van der Waals surface area contributed by atoms with Crippen LogP contribution in [0, 0.1) is 0 Å². The molecule has 0 saturated heterocycles. The van der Waals surface area contributed by atoms with Gasteiger partial charge in [0.2, 0.25) is 0 Å². The van der Waals surface area contributed by atoms with E-state index >= 15 is 0 Å². The largest absolute Gasteiger partial charge is 1.00 e. The zero-order valence-electron chi connectivity index (χ0n) is 10.5. The van der Waals surface area contributed by atoms with Crippen LogP contribution in [0.2, 0.25) is 3.12 Å². The minimum absolute atomic E-state index is 0. The summed E-state index contributed by atoms with van der Waals surface area (Å²) in [5.74, 6) is 0. The van der Waals surface area contributed by atoms with Crippen LogP contribution in [0.4, 0.5) is 0 Å². The molecule has 4 heteroatoms. The van der Waals surface area contributed by atoms with Crippen LogP contribution in [0.25, 0.3) is 0 Å². The molecule has 0 saturated carbocycles. The molecule has 92 valence electrons. The Balaban J connectivity index is -0.000000563. The molecule has 0 fully saturated rings. The predicted octanol–water partition coefficient (Wildman–Crippen LogP) is -4.81. The molecule has 0 N–H and O–H groups in total. The summed E-state index contributed by atoms with van der Waals surface area (Å²) in [6.07, 6.45) is 2.62. The number of hydrogen-bond donors (Lipinski definition) is 0. The van der Waals surface area contributed by atoms with Crippen LogP contribution in [-0.2, 0) is 24.7 Å². The molecule has 0 amide bonds. The van der Waals surface area contributed by atoms with Crippen molar-refractivity contribution in [2.75, 3.05) is 0 Å². The first-order valence-corrected chi connectivity index (χ1v) is 6.29. The molecular weight excluding hydrogens is 342 g/mol. The number of hydrogen-bond acceptors (Lipinski definition) is 0. The quantitative estimate of drug-likeness (QED) is 0.464. The molecule has 0 aromatic carbocycles. The Bertz CT molecular complexity index is 269. The third-order valence-electron chi connectivity index (χ3n) is 3.59. The van der Waals surface area contributed by atoms with Gasteiger partial charge >= 0.3 is 97.6 Å². The van der Waals surface area contributed by atoms with Crippen LogP contribution < -0.4 is 37.2 Å². The van der Waals surface area contributed by atoms with E-state index in [4.69, 9.17) is 0 Å². The average Bonchev–Trinajstić information content (AvgIpc) is 2.23. The van der Waals surface area contributed by atoms with Gasteiger partial charge in [0.25, 0.3) is 0 Å². The summed E-state index contributed by atoms with van der Waals surface area (Å²) in [6.45, 7) is 11.5. The van der Waals surface area contributed by atoms with E-state index in [1.54, 1.807) is 47.0 Å². The summed E-state index contributed by atoms with van der Waals surface area (Å²) in [5, 5.41) is 0. The molecule has 0 spiro atoms. The van der Waals surface area contributed by atoms with E-state index in [1.807, 2.05) is 0 Å². The Morgan fingerprint density at radius 2 is 1.19 bits per heavy atom. The van der Waals surface area contributed by atoms with Crippen molar-refractivity contribution in [1.82, 2.24) is 0 Å². The zero-order chi connectivity index (χ0) is 10.2. The summed E-state index contributed by atoms with van der Waals surface area (Å²) in [6, 6.07) is 0. The van der Waals surface area contributed by atoms with Crippen molar-refractivity contribution in [2.45, 2.75) is 50.6 Å². The van der Waals surface area contributed by atoms with Crippen LogP contribution in [-0.4, -0.2) is 0 Å². The van der Waals surface area contributed by atoms with Crippen molar-refractivity contribution >= 4 is 0 Å². The molecule has 0 unspecified atom stereocenters. The van der Waals surface area contributed by atoms with Gasteiger partial charge in [-0.05, 0) is 0 Å². The van der Waals surface area contributed by atoms with Gasteiger partial charge in [0.05, 0.1) is 0 Å². The molecule has 0 atom stereocenters. The fraction of sp³-hybridized carbons (Fsp3) is 0.667. The van der Waals surface area contributed by atoms with Crippen LogP contribution in [0.15, 0.2) is 22.3 Å². The first-order chi connectivity index (χ1) is 5.95. The Hall–Kier alpha value is 1.23. The second-order valence-corrected chi connectivity index (χ2v) is 6.25. The summed E-state index contributed by atoms with van der Waals surface area (Å²) in [7, 11) is 0. The van der Waals surface area contributed by atoms with Crippen molar-refractivity contribution in [1.29, 1.82) is 0 Å². The molecule has 0 aromatic rings. The van der Waals surface area contributed by atoms with Gasteiger partial charge < -0.3 is 37.2 Å². The van der Waals surface area contributed by atoms with E-state index in [0.717, 1.165) is 0 Å². The third-order valence-corrected chi connectivity index (χ3v) is 6.05. The maximum atomic E-state index is 2.32. The van der Waals surface area contributed by atoms with Crippen molar-refractivity contribution in [3.05, 3.63) is 22.3 Å². The molecule has 0 aliphatic heterocycles. The molecule has 0 nitrogen and oxygen atoms in total. The number of halogens is 3. The van der Waals surface area contributed by atoms with Gasteiger partial charge in [-0.1, -0.05) is 0 Å². The fourth-order valence-corrected chi connectivity index (χ4v) is 3.77. The van der Waals surface area contributed by atoms with E-state index in [0.29, 0.717) is 3.12 Å². The SMILES string of the molecule is CCC[C]1([Zr+3])C(C)=C(C)C(C)=C1C.[Cl-].[Cl-].[Cl-]. The topological polar surface area (TPSA) is 0 Å². The van der Waals surface area contributed by atoms with Crippen LogP contribution in [0.3, 0.4) is 0 Å². The van der Waals surface area contributed by atoms with Gasteiger partial charge in [-0.2, -0.15) is 0 Å². The van der Waals surface area contributed by atoms with Gasteiger partial charge in [0.1, 0.15) is 0 Å². The molecule has 0 radical (unpaired) electrons. The summed E-state index contributed by atoms with van der Waals surface area (Å²) in [4.78, 5) is 0. The van der Waals surface area contributed by atoms with Crippen LogP contribution in [0.1, 0.15) is 47.5 Å². The van der Waals surface area contributed by atoms with Gasteiger partial charge in [0.15, 0.2) is 0 Å². The van der Waals surface area contributed by atoms with Crippen molar-refractivity contribution in [3.63, 3.8) is 0 Å². The summed E-state index contributed by atoms with van der Waals surface area (Å²) < 4.78 is 0.454. The first kappa shape index (κ1) is 22.4. The van der Waals surface area contributed by atoms with E-state index in [1.165, 1.54) is 12.8 Å². The molecule has 1 aliphatic carbocycles. The second kappa shape index (κ2) is 8.36. The van der Waals surface area contributed by atoms with Gasteiger partial charge in [-0.25, -0.2) is 0 Å². The molecule has 16 heavy (non-hydrogen) atoms. The minimum Gasteiger partial charge on any atom is -1.00 e. The van der Waals surface area contributed by atoms with Crippen molar-refractivity contribution in [2.24, 2.45) is 0 Å². The minimum atomic E-state index is 0. The van der Waals surface area contributed by atoms with Gasteiger partial charge in [-0.3, -0.25) is 0 Å². The molecule has 1 rings (SSSR count). The Labute approximate surface area is 134 Å². The van der Waals surface area contributed by atoms with Gasteiger partial charge in [0, 0.05) is 0 Å². The maximum Gasteiger partial charge on any atom is -1.00 e. The summed E-state index contributed by atoms with van der Waals surface area (Å²) in [5.41, 5.74) is 6.34.